The molecule has 1 saturated heterocycles. The predicted molar refractivity (Wildman–Crippen MR) is 102 cm³/mol. The van der Waals surface area contributed by atoms with Gasteiger partial charge in [0.1, 0.15) is 11.3 Å². The Kier molecular flexibility index (Phi) is 5.56. The number of hydrogen-bond donors (Lipinski definition) is 2. The number of amides is 2. The van der Waals surface area contributed by atoms with E-state index in [0.29, 0.717) is 6.07 Å². The Morgan fingerprint density at radius 3 is 2.43 bits per heavy atom. The fraction of sp³-hybridized carbons (Fsp3) is 0.286. The molecule has 2 aromatic rings. The number of carbonyl (C=O) groups excluding carboxylic acids is 3. The molecule has 2 atom stereocenters. The van der Waals surface area contributed by atoms with Gasteiger partial charge in [-0.05, 0) is 30.7 Å². The number of ether oxygens (including phenoxy) is 1. The third-order valence-corrected chi connectivity index (χ3v) is 4.90. The quantitative estimate of drug-likeness (QED) is 0.729. The molecule has 0 aliphatic carbocycles. The third kappa shape index (κ3) is 4.14. The highest BCUT2D eigenvalue weighted by Gasteiger charge is 2.52. The molecule has 2 amide bonds. The highest BCUT2D eigenvalue weighted by molar-refractivity contribution is 6.27. The Balaban J connectivity index is 1.80. The number of benzene rings is 2. The number of carbonyl (C=O) groups is 3. The van der Waals surface area contributed by atoms with Crippen LogP contribution in [0.3, 0.4) is 0 Å². The first kappa shape index (κ1) is 21.4. The first-order valence-electron chi connectivity index (χ1n) is 9.01. The maximum atomic E-state index is 13.2. The summed E-state index contributed by atoms with van der Waals surface area (Å²) in [5, 5.41) is 4.78. The van der Waals surface area contributed by atoms with Crippen molar-refractivity contribution in [1.29, 1.82) is 0 Å². The van der Waals surface area contributed by atoms with Crippen molar-refractivity contribution >= 4 is 23.3 Å². The van der Waals surface area contributed by atoms with Crippen molar-refractivity contribution in [3.8, 4) is 5.75 Å². The van der Waals surface area contributed by atoms with E-state index >= 15 is 0 Å². The molecule has 0 saturated carbocycles. The van der Waals surface area contributed by atoms with Crippen LogP contribution in [0.1, 0.15) is 18.1 Å². The number of rotatable bonds is 5. The number of nitrogens with one attached hydrogen (secondary N) is 2. The summed E-state index contributed by atoms with van der Waals surface area (Å²) in [6.07, 6.45) is -4.52. The Morgan fingerprint density at radius 2 is 1.83 bits per heavy atom. The van der Waals surface area contributed by atoms with Gasteiger partial charge in [0.2, 0.25) is 11.8 Å². The van der Waals surface area contributed by atoms with Crippen LogP contribution in [0.15, 0.2) is 48.5 Å². The van der Waals surface area contributed by atoms with E-state index in [1.165, 1.54) is 13.0 Å². The van der Waals surface area contributed by atoms with Crippen molar-refractivity contribution in [1.82, 2.24) is 5.32 Å². The maximum absolute atomic E-state index is 13.2. The van der Waals surface area contributed by atoms with Gasteiger partial charge >= 0.3 is 6.18 Å². The average molecular weight is 420 g/mol. The number of alkyl halides is 3. The molecule has 2 N–H and O–H groups in total. The van der Waals surface area contributed by atoms with Gasteiger partial charge in [-0.15, -0.1) is 0 Å². The van der Waals surface area contributed by atoms with Gasteiger partial charge in [-0.1, -0.05) is 30.3 Å². The lowest BCUT2D eigenvalue weighted by Gasteiger charge is -2.22. The van der Waals surface area contributed by atoms with Crippen LogP contribution in [0.2, 0.25) is 0 Å². The second kappa shape index (κ2) is 7.81. The summed E-state index contributed by atoms with van der Waals surface area (Å²) in [6, 6.07) is 11.9. The molecule has 0 bridgehead atoms. The van der Waals surface area contributed by atoms with Gasteiger partial charge < -0.3 is 15.4 Å². The van der Waals surface area contributed by atoms with Crippen LogP contribution >= 0.6 is 0 Å². The minimum absolute atomic E-state index is 0.183. The van der Waals surface area contributed by atoms with E-state index in [1.807, 2.05) is 0 Å². The largest absolute Gasteiger partial charge is 0.496 e. The fourth-order valence-corrected chi connectivity index (χ4v) is 3.44. The number of halogens is 3. The monoisotopic (exact) mass is 420 g/mol. The SMILES string of the molecule is COc1ccc(NC(=O)C2C(=O)NC(C)(Cc3ccccc3)C2=O)cc1C(F)(F)F. The molecule has 30 heavy (non-hydrogen) atoms. The van der Waals surface area contributed by atoms with Crippen molar-refractivity contribution in [2.75, 3.05) is 12.4 Å². The van der Waals surface area contributed by atoms with Crippen molar-refractivity contribution in [3.63, 3.8) is 0 Å². The molecule has 3 rings (SSSR count). The van der Waals surface area contributed by atoms with Crippen LogP contribution in [-0.4, -0.2) is 30.2 Å². The van der Waals surface area contributed by atoms with Crippen LogP contribution in [0.4, 0.5) is 18.9 Å². The van der Waals surface area contributed by atoms with Crippen LogP contribution in [0.5, 0.6) is 5.75 Å². The molecule has 0 radical (unpaired) electrons. The summed E-state index contributed by atoms with van der Waals surface area (Å²) >= 11 is 0. The minimum Gasteiger partial charge on any atom is -0.496 e. The molecule has 2 unspecified atom stereocenters. The second-order valence-electron chi connectivity index (χ2n) is 7.18. The lowest BCUT2D eigenvalue weighted by atomic mass is 9.86. The highest BCUT2D eigenvalue weighted by atomic mass is 19.4. The Labute approximate surface area is 170 Å². The molecule has 1 fully saturated rings. The van der Waals surface area contributed by atoms with E-state index in [1.54, 1.807) is 30.3 Å². The molecule has 0 spiro atoms. The molecule has 0 aromatic heterocycles. The van der Waals surface area contributed by atoms with E-state index < -0.39 is 46.5 Å². The first-order valence-corrected chi connectivity index (χ1v) is 9.01. The lowest BCUT2D eigenvalue weighted by molar-refractivity contribution is -0.139. The zero-order valence-corrected chi connectivity index (χ0v) is 16.2. The van der Waals surface area contributed by atoms with Gasteiger partial charge in [-0.25, -0.2) is 0 Å². The Morgan fingerprint density at radius 1 is 1.17 bits per heavy atom. The molecular weight excluding hydrogens is 401 g/mol. The number of methoxy groups -OCH3 is 1. The standard InChI is InChI=1S/C21H19F3N2O4/c1-20(11-12-6-4-3-5-7-12)17(27)16(19(29)26-20)18(28)25-13-8-9-15(30-2)14(10-13)21(22,23)24/h3-10,16H,11H2,1-2H3,(H,25,28)(H,26,29). The van der Waals surface area contributed by atoms with Gasteiger partial charge in [0, 0.05) is 12.1 Å². The molecule has 9 heteroatoms. The van der Waals surface area contributed by atoms with Crippen molar-refractivity contribution in [2.45, 2.75) is 25.1 Å². The van der Waals surface area contributed by atoms with Crippen LogP contribution in [-0.2, 0) is 27.0 Å². The van der Waals surface area contributed by atoms with Crippen molar-refractivity contribution in [3.05, 3.63) is 59.7 Å². The van der Waals surface area contributed by atoms with Gasteiger partial charge in [0.15, 0.2) is 11.7 Å². The van der Waals surface area contributed by atoms with E-state index in [0.717, 1.165) is 18.7 Å². The maximum Gasteiger partial charge on any atom is 0.420 e. The molecule has 158 valence electrons. The average Bonchev–Trinajstić information content (AvgIpc) is 2.90. The van der Waals surface area contributed by atoms with Crippen molar-refractivity contribution in [2.24, 2.45) is 5.92 Å². The van der Waals surface area contributed by atoms with Gasteiger partial charge in [-0.2, -0.15) is 13.2 Å². The molecule has 1 aliphatic heterocycles. The van der Waals surface area contributed by atoms with Gasteiger partial charge in [0.25, 0.3) is 0 Å². The third-order valence-electron chi connectivity index (χ3n) is 4.90. The topological polar surface area (TPSA) is 84.5 Å². The summed E-state index contributed by atoms with van der Waals surface area (Å²) in [5.41, 5.74) is -1.79. The van der Waals surface area contributed by atoms with Crippen LogP contribution < -0.4 is 15.4 Å². The summed E-state index contributed by atoms with van der Waals surface area (Å²) in [5.74, 6) is -4.49. The summed E-state index contributed by atoms with van der Waals surface area (Å²) in [7, 11) is 1.10. The zero-order chi connectivity index (χ0) is 22.1. The predicted octanol–water partition coefficient (Wildman–Crippen LogP) is 2.97. The van der Waals surface area contributed by atoms with E-state index in [-0.39, 0.29) is 12.1 Å². The van der Waals surface area contributed by atoms with E-state index in [2.05, 4.69) is 10.6 Å². The Bertz CT molecular complexity index is 991. The molecule has 1 heterocycles. The van der Waals surface area contributed by atoms with Crippen LogP contribution in [0, 0.1) is 5.92 Å². The zero-order valence-electron chi connectivity index (χ0n) is 16.2. The summed E-state index contributed by atoms with van der Waals surface area (Å²) < 4.78 is 44.2. The molecule has 2 aromatic carbocycles. The Hall–Kier alpha value is -3.36. The smallest absolute Gasteiger partial charge is 0.420 e. The number of Topliss-reactive ketones (excluding diaryl/α,β-unsaturated/α-hetero) is 1. The molecular formula is C21H19F3N2O4. The van der Waals surface area contributed by atoms with Gasteiger partial charge in [-0.3, -0.25) is 14.4 Å². The summed E-state index contributed by atoms with van der Waals surface area (Å²) in [6.45, 7) is 1.52. The van der Waals surface area contributed by atoms with Crippen molar-refractivity contribution < 1.29 is 32.3 Å². The fourth-order valence-electron chi connectivity index (χ4n) is 3.44. The van der Waals surface area contributed by atoms with E-state index in [4.69, 9.17) is 4.74 Å². The van der Waals surface area contributed by atoms with E-state index in [9.17, 15) is 27.6 Å². The number of ketones is 1. The normalized spacial score (nSPS) is 21.3. The molecule has 1 aliphatic rings. The number of anilines is 1. The summed E-state index contributed by atoms with van der Waals surface area (Å²) in [4.78, 5) is 37.8. The van der Waals surface area contributed by atoms with Gasteiger partial charge in [0.05, 0.1) is 12.7 Å². The first-order chi connectivity index (χ1) is 14.0. The lowest BCUT2D eigenvalue weighted by Crippen LogP contribution is -2.45. The van der Waals surface area contributed by atoms with Crippen LogP contribution in [0.25, 0.3) is 0 Å². The molecule has 6 nitrogen and oxygen atoms in total. The number of hydrogen-bond acceptors (Lipinski definition) is 4. The minimum atomic E-state index is -4.71. The highest BCUT2D eigenvalue weighted by Crippen LogP contribution is 2.38. The second-order valence-corrected chi connectivity index (χ2v) is 7.18.